The molecule has 0 aliphatic heterocycles. The van der Waals surface area contributed by atoms with Gasteiger partial charge in [0.05, 0.1) is 11.9 Å². The van der Waals surface area contributed by atoms with E-state index >= 15 is 0 Å². The third kappa shape index (κ3) is 3.55. The van der Waals surface area contributed by atoms with Gasteiger partial charge in [-0.3, -0.25) is 4.98 Å². The largest absolute Gasteiger partial charge is 0.506 e. The average molecular weight is 262 g/mol. The van der Waals surface area contributed by atoms with E-state index in [2.05, 4.69) is 34.7 Å². The smallest absolute Gasteiger partial charge is 0.133 e. The van der Waals surface area contributed by atoms with Crippen molar-refractivity contribution in [2.75, 3.05) is 0 Å². The van der Waals surface area contributed by atoms with E-state index in [1.807, 2.05) is 6.07 Å². The number of nitrogens with zero attached hydrogens (tertiary/aromatic N) is 1. The maximum absolute atomic E-state index is 9.19. The highest BCUT2D eigenvalue weighted by atomic mass is 32.1. The summed E-state index contributed by atoms with van der Waals surface area (Å²) in [7, 11) is 0. The Balaban J connectivity index is 1.95. The summed E-state index contributed by atoms with van der Waals surface area (Å²) in [4.78, 5) is 5.55. The minimum Gasteiger partial charge on any atom is -0.506 e. The molecule has 0 aromatic carbocycles. The summed E-state index contributed by atoms with van der Waals surface area (Å²) in [6.45, 7) is 2.92. The molecule has 4 heteroatoms. The number of pyridine rings is 1. The first-order chi connectivity index (χ1) is 8.79. The van der Waals surface area contributed by atoms with Gasteiger partial charge in [0.25, 0.3) is 0 Å². The summed E-state index contributed by atoms with van der Waals surface area (Å²) in [5.41, 5.74) is 0.949. The van der Waals surface area contributed by atoms with Gasteiger partial charge >= 0.3 is 0 Å². The number of nitrogens with one attached hydrogen (secondary N) is 1. The van der Waals surface area contributed by atoms with Crippen LogP contribution in [0.25, 0.3) is 0 Å². The van der Waals surface area contributed by atoms with Gasteiger partial charge in [0, 0.05) is 17.5 Å². The van der Waals surface area contributed by atoms with Gasteiger partial charge in [-0.05, 0) is 30.0 Å². The number of aromatic nitrogens is 1. The highest BCUT2D eigenvalue weighted by molar-refractivity contribution is 7.10. The molecule has 0 bridgehead atoms. The lowest BCUT2D eigenvalue weighted by Crippen LogP contribution is -2.20. The van der Waals surface area contributed by atoms with E-state index in [1.165, 1.54) is 11.1 Å². The predicted molar refractivity (Wildman–Crippen MR) is 74.7 cm³/mol. The number of aromatic hydroxyl groups is 1. The Morgan fingerprint density at radius 3 is 2.89 bits per heavy atom. The van der Waals surface area contributed by atoms with Crippen molar-refractivity contribution in [3.8, 4) is 5.75 Å². The average Bonchev–Trinajstić information content (AvgIpc) is 2.90. The minimum absolute atomic E-state index is 0.210. The van der Waals surface area contributed by atoms with Gasteiger partial charge < -0.3 is 10.4 Å². The molecule has 96 valence electrons. The van der Waals surface area contributed by atoms with Gasteiger partial charge in [0.15, 0.2) is 0 Å². The van der Waals surface area contributed by atoms with Crippen molar-refractivity contribution in [2.24, 2.45) is 0 Å². The van der Waals surface area contributed by atoms with Gasteiger partial charge in [-0.1, -0.05) is 19.4 Å². The van der Waals surface area contributed by atoms with Gasteiger partial charge in [-0.25, -0.2) is 0 Å². The Kier molecular flexibility index (Phi) is 4.73. The second-order valence-electron chi connectivity index (χ2n) is 4.25. The zero-order chi connectivity index (χ0) is 12.8. The molecule has 18 heavy (non-hydrogen) atoms. The molecule has 0 spiro atoms. The lowest BCUT2D eigenvalue weighted by molar-refractivity contribution is 0.469. The van der Waals surface area contributed by atoms with Crippen LogP contribution < -0.4 is 5.32 Å². The third-order valence-electron chi connectivity index (χ3n) is 2.80. The first-order valence-corrected chi connectivity index (χ1v) is 7.08. The molecule has 3 nitrogen and oxygen atoms in total. The van der Waals surface area contributed by atoms with E-state index in [9.17, 15) is 5.11 Å². The standard InChI is InChI=1S/C14H18N2OS/c1-2-4-13(14-5-3-8-18-14)16-9-11-6-7-12(17)10-15-11/h3,5-8,10,13,16-17H,2,4,9H2,1H3. The van der Waals surface area contributed by atoms with Crippen molar-refractivity contribution < 1.29 is 5.11 Å². The molecule has 2 aromatic heterocycles. The number of hydrogen-bond donors (Lipinski definition) is 2. The zero-order valence-electron chi connectivity index (χ0n) is 10.5. The maximum Gasteiger partial charge on any atom is 0.133 e. The van der Waals surface area contributed by atoms with Crippen molar-refractivity contribution in [1.29, 1.82) is 0 Å². The molecule has 0 saturated carbocycles. The highest BCUT2D eigenvalue weighted by Crippen LogP contribution is 2.23. The number of hydrogen-bond acceptors (Lipinski definition) is 4. The molecular weight excluding hydrogens is 244 g/mol. The second kappa shape index (κ2) is 6.52. The lowest BCUT2D eigenvalue weighted by Gasteiger charge is -2.16. The van der Waals surface area contributed by atoms with E-state index < -0.39 is 0 Å². The molecule has 0 aliphatic carbocycles. The summed E-state index contributed by atoms with van der Waals surface area (Å²) < 4.78 is 0. The molecular formula is C14H18N2OS. The fourth-order valence-corrected chi connectivity index (χ4v) is 2.71. The normalized spacial score (nSPS) is 12.5. The molecule has 0 saturated heterocycles. The maximum atomic E-state index is 9.19. The van der Waals surface area contributed by atoms with Crippen LogP contribution in [0.15, 0.2) is 35.8 Å². The molecule has 0 fully saturated rings. The molecule has 1 unspecified atom stereocenters. The lowest BCUT2D eigenvalue weighted by atomic mass is 10.1. The van der Waals surface area contributed by atoms with Crippen LogP contribution in [0.4, 0.5) is 0 Å². The van der Waals surface area contributed by atoms with E-state index in [1.54, 1.807) is 17.4 Å². The Labute approximate surface area is 112 Å². The van der Waals surface area contributed by atoms with Gasteiger partial charge in [-0.2, -0.15) is 0 Å². The van der Waals surface area contributed by atoms with Crippen LogP contribution in [0.2, 0.25) is 0 Å². The van der Waals surface area contributed by atoms with Crippen molar-refractivity contribution in [3.63, 3.8) is 0 Å². The number of thiophene rings is 1. The monoisotopic (exact) mass is 262 g/mol. The first kappa shape index (κ1) is 13.1. The topological polar surface area (TPSA) is 45.1 Å². The van der Waals surface area contributed by atoms with Crippen molar-refractivity contribution in [1.82, 2.24) is 10.3 Å². The minimum atomic E-state index is 0.210. The van der Waals surface area contributed by atoms with Gasteiger partial charge in [-0.15, -0.1) is 11.3 Å². The molecule has 0 amide bonds. The van der Waals surface area contributed by atoms with E-state index in [-0.39, 0.29) is 5.75 Å². The molecule has 0 aliphatic rings. The Hall–Kier alpha value is -1.39. The Morgan fingerprint density at radius 2 is 2.28 bits per heavy atom. The molecule has 2 rings (SSSR count). The van der Waals surface area contributed by atoms with Crippen LogP contribution in [0.1, 0.15) is 36.4 Å². The summed E-state index contributed by atoms with van der Waals surface area (Å²) in [5, 5.41) is 14.8. The zero-order valence-corrected chi connectivity index (χ0v) is 11.3. The quantitative estimate of drug-likeness (QED) is 0.837. The summed E-state index contributed by atoms with van der Waals surface area (Å²) in [5.74, 6) is 0.210. The van der Waals surface area contributed by atoms with Crippen LogP contribution >= 0.6 is 11.3 Å². The van der Waals surface area contributed by atoms with Gasteiger partial charge in [0.1, 0.15) is 5.75 Å². The molecule has 2 aromatic rings. The predicted octanol–water partition coefficient (Wildman–Crippen LogP) is 3.48. The van der Waals surface area contributed by atoms with Crippen molar-refractivity contribution in [2.45, 2.75) is 32.4 Å². The van der Waals surface area contributed by atoms with E-state index in [0.717, 1.165) is 25.1 Å². The van der Waals surface area contributed by atoms with Gasteiger partial charge in [0.2, 0.25) is 0 Å². The summed E-state index contributed by atoms with van der Waals surface area (Å²) in [6.07, 6.45) is 3.76. The first-order valence-electron chi connectivity index (χ1n) is 6.20. The molecule has 1 atom stereocenters. The van der Waals surface area contributed by atoms with Crippen molar-refractivity contribution >= 4 is 11.3 Å². The number of rotatable bonds is 6. The van der Waals surface area contributed by atoms with Crippen LogP contribution in [0.5, 0.6) is 5.75 Å². The fraction of sp³-hybridized carbons (Fsp3) is 0.357. The van der Waals surface area contributed by atoms with Crippen LogP contribution in [0.3, 0.4) is 0 Å². The summed E-state index contributed by atoms with van der Waals surface area (Å²) >= 11 is 1.79. The van der Waals surface area contributed by atoms with Crippen molar-refractivity contribution in [3.05, 3.63) is 46.4 Å². The third-order valence-corrected chi connectivity index (χ3v) is 3.79. The van der Waals surface area contributed by atoms with Crippen LogP contribution in [-0.2, 0) is 6.54 Å². The summed E-state index contributed by atoms with van der Waals surface area (Å²) in [6, 6.07) is 8.17. The Bertz CT molecular complexity index is 453. The molecule has 2 heterocycles. The van der Waals surface area contributed by atoms with Crippen LogP contribution in [-0.4, -0.2) is 10.1 Å². The Morgan fingerprint density at radius 1 is 1.39 bits per heavy atom. The fourth-order valence-electron chi connectivity index (χ4n) is 1.87. The van der Waals surface area contributed by atoms with Crippen LogP contribution in [0, 0.1) is 0 Å². The van der Waals surface area contributed by atoms with E-state index in [0.29, 0.717) is 6.04 Å². The second-order valence-corrected chi connectivity index (χ2v) is 5.22. The van der Waals surface area contributed by atoms with E-state index in [4.69, 9.17) is 0 Å². The highest BCUT2D eigenvalue weighted by Gasteiger charge is 2.10. The molecule has 0 radical (unpaired) electrons. The SMILES string of the molecule is CCCC(NCc1ccc(O)cn1)c1cccs1. The molecule has 2 N–H and O–H groups in total.